The number of nitrogens with zero attached hydrogens (tertiary/aromatic N) is 2. The van der Waals surface area contributed by atoms with Gasteiger partial charge in [0.05, 0.1) is 17.1 Å². The van der Waals surface area contributed by atoms with Crippen molar-refractivity contribution in [1.82, 2.24) is 0 Å². The van der Waals surface area contributed by atoms with E-state index < -0.39 is 0 Å². The third kappa shape index (κ3) is 44.4. The number of rotatable bonds is 52. The molecule has 2 rings (SSSR count). The number of hydrogen-bond acceptors (Lipinski definition) is 2. The van der Waals surface area contributed by atoms with E-state index in [1.54, 1.807) is 0 Å². The summed E-state index contributed by atoms with van der Waals surface area (Å²) < 4.78 is 0. The van der Waals surface area contributed by atoms with Gasteiger partial charge in [0.25, 0.3) is 0 Å². The van der Waals surface area contributed by atoms with Crippen LogP contribution in [-0.4, -0.2) is 11.9 Å². The largest absolute Gasteiger partial charge is 0.255 e. The maximum atomic E-state index is 5.26. The molecular weight excluding hydrogens is 879 g/mol. The number of hydrogen-bond donors (Lipinski definition) is 0. The van der Waals surface area contributed by atoms with Gasteiger partial charge in [0.15, 0.2) is 0 Å². The Morgan fingerprint density at radius 1 is 0.348 bits per heavy atom. The fraction of sp³-hybridized carbons (Fsp3) is 0.758. The fourth-order valence-electron chi connectivity index (χ4n) is 10.1. The summed E-state index contributed by atoms with van der Waals surface area (Å²) in [7, 11) is 0. The maximum absolute atomic E-state index is 5.26. The molecular formula is C66H114N2Ni. The van der Waals surface area contributed by atoms with Crippen molar-refractivity contribution in [3.05, 3.63) is 72.3 Å². The second kappa shape index (κ2) is 53.8. The average Bonchev–Trinajstić information content (AvgIpc) is 3.36. The summed E-state index contributed by atoms with van der Waals surface area (Å²) >= 11 is 0. The first-order valence-corrected chi connectivity index (χ1v) is 30.7. The van der Waals surface area contributed by atoms with Crippen LogP contribution in [0.3, 0.4) is 0 Å². The molecule has 0 N–H and O–H groups in total. The van der Waals surface area contributed by atoms with Gasteiger partial charge in [-0.25, -0.2) is 0 Å². The summed E-state index contributed by atoms with van der Waals surface area (Å²) in [6, 6.07) is 19.2. The molecule has 69 heavy (non-hydrogen) atoms. The van der Waals surface area contributed by atoms with Crippen LogP contribution in [-0.2, 0) is 22.9 Å². The Bertz CT molecular complexity index is 1400. The van der Waals surface area contributed by atoms with Crippen LogP contribution >= 0.6 is 0 Å². The van der Waals surface area contributed by atoms with Gasteiger partial charge < -0.3 is 0 Å². The molecule has 0 atom stereocenters. The number of aryl methyl sites for hydroxylation is 1. The Morgan fingerprint density at radius 2 is 0.667 bits per heavy atom. The van der Waals surface area contributed by atoms with Crippen LogP contribution in [0.5, 0.6) is 0 Å². The molecule has 0 heterocycles. The van der Waals surface area contributed by atoms with Gasteiger partial charge in [-0.05, 0) is 68.7 Å². The average molecular weight is 994 g/mol. The molecule has 0 aliphatic heterocycles. The predicted molar refractivity (Wildman–Crippen MR) is 309 cm³/mol. The van der Waals surface area contributed by atoms with Crippen molar-refractivity contribution >= 4 is 23.3 Å². The molecule has 0 spiro atoms. The molecule has 3 heteroatoms. The van der Waals surface area contributed by atoms with E-state index in [4.69, 9.17) is 9.98 Å². The maximum Gasteiger partial charge on any atom is 0.0665 e. The molecule has 0 aliphatic carbocycles. The zero-order valence-electron chi connectivity index (χ0n) is 46.1. The van der Waals surface area contributed by atoms with E-state index in [2.05, 4.69) is 80.6 Å². The van der Waals surface area contributed by atoms with Crippen LogP contribution in [0, 0.1) is 0 Å². The normalized spacial score (nSPS) is 11.9. The van der Waals surface area contributed by atoms with E-state index in [1.807, 2.05) is 6.21 Å². The van der Waals surface area contributed by atoms with E-state index >= 15 is 0 Å². The Kier molecular flexibility index (Phi) is 50.7. The molecule has 0 radical (unpaired) electrons. The van der Waals surface area contributed by atoms with E-state index in [1.165, 1.54) is 295 Å². The Labute approximate surface area is 441 Å². The first kappa shape index (κ1) is 65.0. The van der Waals surface area contributed by atoms with Gasteiger partial charge in [-0.3, -0.25) is 9.98 Å². The minimum Gasteiger partial charge on any atom is -0.255 e. The standard InChI is InChI=1S/C66H114N2.Ni/c1-3-5-7-9-11-13-15-17-19-21-23-25-26-27-28-29-30-31-32-34-36-38-40-42-44-46-48-51-60-65(62-67-64-58-52-49-53-59-64)68-66-61-55-54-57-63(66)56-50-47-45-43-41-39-37-35-33-24-22-20-18-16-14-12-10-8-6-4-2;/h43,45,49,52-55,57-59,61-62H,3-42,44,46-48,50-51,56,60H2,1-2H3;. The van der Waals surface area contributed by atoms with Gasteiger partial charge in [-0.15, -0.1) is 0 Å². The van der Waals surface area contributed by atoms with Crippen molar-refractivity contribution in [3.8, 4) is 0 Å². The van der Waals surface area contributed by atoms with Crippen molar-refractivity contribution in [2.45, 2.75) is 322 Å². The molecule has 0 amide bonds. The fourth-order valence-corrected chi connectivity index (χ4v) is 10.1. The van der Waals surface area contributed by atoms with E-state index in [9.17, 15) is 0 Å². The number of unbranched alkanes of at least 4 members (excludes halogenated alkanes) is 43. The topological polar surface area (TPSA) is 24.7 Å². The van der Waals surface area contributed by atoms with Gasteiger partial charge in [-0.2, -0.15) is 0 Å². The molecule has 2 aromatic rings. The van der Waals surface area contributed by atoms with Crippen LogP contribution in [0.1, 0.15) is 321 Å². The molecule has 2 nitrogen and oxygen atoms in total. The molecule has 0 unspecified atom stereocenters. The van der Waals surface area contributed by atoms with Crippen molar-refractivity contribution in [2.75, 3.05) is 0 Å². The van der Waals surface area contributed by atoms with Crippen LogP contribution in [0.15, 0.2) is 76.7 Å². The summed E-state index contributed by atoms with van der Waals surface area (Å²) in [5.74, 6) is 0. The molecule has 398 valence electrons. The van der Waals surface area contributed by atoms with Crippen LogP contribution < -0.4 is 0 Å². The summed E-state index contributed by atoms with van der Waals surface area (Å²) in [4.78, 5) is 10.1. The molecule has 0 aromatic heterocycles. The third-order valence-electron chi connectivity index (χ3n) is 14.6. The molecule has 0 bridgehead atoms. The number of aliphatic imine (C=N–C) groups is 2. The second-order valence-electron chi connectivity index (χ2n) is 21.2. The van der Waals surface area contributed by atoms with Crippen molar-refractivity contribution in [1.29, 1.82) is 0 Å². The van der Waals surface area contributed by atoms with Gasteiger partial charge in [0.1, 0.15) is 0 Å². The minimum atomic E-state index is 0. The van der Waals surface area contributed by atoms with E-state index in [0.717, 1.165) is 36.3 Å². The van der Waals surface area contributed by atoms with Crippen LogP contribution in [0.2, 0.25) is 0 Å². The summed E-state index contributed by atoms with van der Waals surface area (Å²) in [6.45, 7) is 4.62. The molecule has 0 saturated carbocycles. The Balaban J connectivity index is 0.0000238. The smallest absolute Gasteiger partial charge is 0.0665 e. The quantitative estimate of drug-likeness (QED) is 0.0273. The van der Waals surface area contributed by atoms with Crippen molar-refractivity contribution < 1.29 is 16.5 Å². The first-order chi connectivity index (χ1) is 33.8. The van der Waals surface area contributed by atoms with E-state index in [-0.39, 0.29) is 16.5 Å². The van der Waals surface area contributed by atoms with Crippen molar-refractivity contribution in [3.63, 3.8) is 0 Å². The van der Waals surface area contributed by atoms with Crippen molar-refractivity contribution in [2.24, 2.45) is 9.98 Å². The number of allylic oxidation sites excluding steroid dienone is 2. The van der Waals surface area contributed by atoms with Gasteiger partial charge in [0, 0.05) is 22.7 Å². The summed E-state index contributed by atoms with van der Waals surface area (Å²) in [6.07, 6.45) is 74.2. The number of benzene rings is 2. The Morgan fingerprint density at radius 3 is 1.06 bits per heavy atom. The first-order valence-electron chi connectivity index (χ1n) is 30.7. The molecule has 0 fully saturated rings. The summed E-state index contributed by atoms with van der Waals surface area (Å²) in [5.41, 5.74) is 4.60. The molecule has 0 saturated heterocycles. The zero-order valence-corrected chi connectivity index (χ0v) is 47.1. The van der Waals surface area contributed by atoms with Gasteiger partial charge >= 0.3 is 0 Å². The minimum absolute atomic E-state index is 0. The van der Waals surface area contributed by atoms with Gasteiger partial charge in [-0.1, -0.05) is 326 Å². The van der Waals surface area contributed by atoms with Crippen LogP contribution in [0.25, 0.3) is 0 Å². The molecule has 2 aromatic carbocycles. The Hall–Kier alpha value is -1.99. The SMILES string of the molecule is CCCCCCCCCCCCCCCCCC=CCCCc1ccccc1N=C(C=Nc1ccccc1)CCCCCCCCCCCCCCCCCCCCCCCCCCCCCC.[Ni]. The number of para-hydroxylation sites is 2. The van der Waals surface area contributed by atoms with E-state index in [0.29, 0.717) is 0 Å². The molecule has 0 aliphatic rings. The summed E-state index contributed by atoms with van der Waals surface area (Å²) in [5, 5.41) is 0. The second-order valence-corrected chi connectivity index (χ2v) is 21.2. The zero-order chi connectivity index (χ0) is 48.2. The monoisotopic (exact) mass is 993 g/mol. The van der Waals surface area contributed by atoms with Crippen LogP contribution in [0.4, 0.5) is 11.4 Å². The third-order valence-corrected chi connectivity index (χ3v) is 14.6. The van der Waals surface area contributed by atoms with Gasteiger partial charge in [0.2, 0.25) is 0 Å². The predicted octanol–water partition coefficient (Wildman–Crippen LogP) is 23.6.